The Hall–Kier alpha value is -7.04. The average Bonchev–Trinajstić information content (AvgIpc) is 3.69. The fourth-order valence-electron chi connectivity index (χ4n) is 8.83. The van der Waals surface area contributed by atoms with E-state index in [0.717, 1.165) is 39.1 Å². The molecule has 4 heterocycles. The van der Waals surface area contributed by atoms with Gasteiger partial charge in [-0.2, -0.15) is 0 Å². The van der Waals surface area contributed by atoms with Gasteiger partial charge in [0, 0.05) is 38.2 Å². The number of hydrogen-bond donors (Lipinski definition) is 0. The molecule has 11 aromatic rings. The van der Waals surface area contributed by atoms with Gasteiger partial charge in [-0.25, -0.2) is 9.97 Å². The highest BCUT2D eigenvalue weighted by Crippen LogP contribution is 2.49. The second-order valence-electron chi connectivity index (χ2n) is 13.8. The van der Waals surface area contributed by atoms with Crippen molar-refractivity contribution in [2.45, 2.75) is 0 Å². The molecule has 4 heteroatoms. The van der Waals surface area contributed by atoms with Crippen LogP contribution in [0.2, 0.25) is 0 Å². The molecule has 52 heavy (non-hydrogen) atoms. The second-order valence-corrected chi connectivity index (χ2v) is 13.8. The van der Waals surface area contributed by atoms with Crippen molar-refractivity contribution in [2.24, 2.45) is 0 Å². The minimum atomic E-state index is 0.819. The van der Waals surface area contributed by atoms with Crippen LogP contribution in [-0.4, -0.2) is 19.1 Å². The summed E-state index contributed by atoms with van der Waals surface area (Å²) in [4.78, 5) is 10.7. The zero-order valence-electron chi connectivity index (χ0n) is 28.0. The summed E-state index contributed by atoms with van der Waals surface area (Å²) in [5, 5.41) is 7.35. The van der Waals surface area contributed by atoms with Crippen LogP contribution in [0.5, 0.6) is 0 Å². The zero-order chi connectivity index (χ0) is 33.9. The van der Waals surface area contributed by atoms with Gasteiger partial charge in [-0.1, -0.05) is 133 Å². The van der Waals surface area contributed by atoms with Crippen molar-refractivity contribution in [3.8, 4) is 45.0 Å². The number of hydrogen-bond acceptors (Lipinski definition) is 2. The number of rotatable bonds is 2. The molecule has 3 aromatic heterocycles. The Kier molecular flexibility index (Phi) is 5.47. The molecule has 0 saturated carbocycles. The summed E-state index contributed by atoms with van der Waals surface area (Å²) in [5.74, 6) is 0.819. The Morgan fingerprint density at radius 1 is 0.385 bits per heavy atom. The summed E-state index contributed by atoms with van der Waals surface area (Å²) in [5.41, 5.74) is 14.3. The first-order chi connectivity index (χ1) is 25.8. The monoisotopic (exact) mass is 660 g/mol. The highest BCUT2D eigenvalue weighted by atomic mass is 15.1. The SMILES string of the molecule is c1ccc(-c2nc3ccccc3nc2-n2c3cc4c(cc3c3c5ccccc5ccc32)-n2c3ccccc3c3cccc(c32)-c2ccccc2-4)cc1. The van der Waals surface area contributed by atoms with Gasteiger partial charge in [-0.05, 0) is 58.3 Å². The molecule has 0 N–H and O–H groups in total. The van der Waals surface area contributed by atoms with Crippen molar-refractivity contribution in [1.29, 1.82) is 0 Å². The molecular weight excluding hydrogens is 633 g/mol. The minimum Gasteiger partial charge on any atom is -0.308 e. The lowest BCUT2D eigenvalue weighted by Crippen LogP contribution is -2.04. The highest BCUT2D eigenvalue weighted by Gasteiger charge is 2.27. The van der Waals surface area contributed by atoms with Crippen molar-refractivity contribution < 1.29 is 0 Å². The van der Waals surface area contributed by atoms with Gasteiger partial charge < -0.3 is 4.57 Å². The average molecular weight is 661 g/mol. The minimum absolute atomic E-state index is 0.819. The van der Waals surface area contributed by atoms with Gasteiger partial charge in [0.2, 0.25) is 0 Å². The van der Waals surface area contributed by atoms with Gasteiger partial charge in [-0.3, -0.25) is 4.57 Å². The molecule has 0 saturated heterocycles. The van der Waals surface area contributed by atoms with E-state index in [1.807, 2.05) is 12.1 Å². The molecule has 12 rings (SSSR count). The van der Waals surface area contributed by atoms with Gasteiger partial charge in [0.1, 0.15) is 5.69 Å². The molecule has 0 fully saturated rings. The van der Waals surface area contributed by atoms with Crippen molar-refractivity contribution in [3.05, 3.63) is 170 Å². The van der Waals surface area contributed by atoms with E-state index in [2.05, 4.69) is 167 Å². The van der Waals surface area contributed by atoms with E-state index in [9.17, 15) is 0 Å². The Morgan fingerprint density at radius 2 is 1.06 bits per heavy atom. The molecule has 0 unspecified atom stereocenters. The second kappa shape index (κ2) is 10.3. The molecule has 0 spiro atoms. The van der Waals surface area contributed by atoms with Crippen LogP contribution in [0.4, 0.5) is 0 Å². The lowest BCUT2D eigenvalue weighted by atomic mass is 9.93. The third-order valence-electron chi connectivity index (χ3n) is 11.0. The van der Waals surface area contributed by atoms with Crippen LogP contribution in [0.15, 0.2) is 170 Å². The predicted molar refractivity (Wildman–Crippen MR) is 216 cm³/mol. The molecule has 1 aliphatic rings. The number of benzene rings is 8. The summed E-state index contributed by atoms with van der Waals surface area (Å²) in [7, 11) is 0. The fourth-order valence-corrected chi connectivity index (χ4v) is 8.83. The van der Waals surface area contributed by atoms with Gasteiger partial charge in [0.25, 0.3) is 0 Å². The van der Waals surface area contributed by atoms with E-state index in [-0.39, 0.29) is 0 Å². The van der Waals surface area contributed by atoms with Crippen molar-refractivity contribution in [1.82, 2.24) is 19.1 Å². The summed E-state index contributed by atoms with van der Waals surface area (Å²) in [6, 6.07) is 61.2. The molecule has 0 bridgehead atoms. The van der Waals surface area contributed by atoms with E-state index in [0.29, 0.717) is 0 Å². The smallest absolute Gasteiger partial charge is 0.165 e. The summed E-state index contributed by atoms with van der Waals surface area (Å²) in [6.07, 6.45) is 0. The van der Waals surface area contributed by atoms with Crippen LogP contribution in [0.1, 0.15) is 0 Å². The van der Waals surface area contributed by atoms with Gasteiger partial charge in [0.15, 0.2) is 5.82 Å². The third kappa shape index (κ3) is 3.65. The molecule has 1 aliphatic heterocycles. The van der Waals surface area contributed by atoms with Crippen LogP contribution >= 0.6 is 0 Å². The predicted octanol–water partition coefficient (Wildman–Crippen LogP) is 12.3. The Balaban J connectivity index is 1.31. The quantitative estimate of drug-likeness (QED) is 0.185. The van der Waals surface area contributed by atoms with E-state index in [4.69, 9.17) is 9.97 Å². The van der Waals surface area contributed by atoms with Crippen molar-refractivity contribution in [2.75, 3.05) is 0 Å². The zero-order valence-corrected chi connectivity index (χ0v) is 28.0. The lowest BCUT2D eigenvalue weighted by molar-refractivity contribution is 1.08. The van der Waals surface area contributed by atoms with Crippen LogP contribution < -0.4 is 0 Å². The number of para-hydroxylation sites is 4. The maximum absolute atomic E-state index is 5.44. The van der Waals surface area contributed by atoms with E-state index >= 15 is 0 Å². The van der Waals surface area contributed by atoms with Gasteiger partial charge in [-0.15, -0.1) is 0 Å². The summed E-state index contributed by atoms with van der Waals surface area (Å²) in [6.45, 7) is 0. The Labute approximate surface area is 298 Å². The topological polar surface area (TPSA) is 35.6 Å². The molecule has 0 radical (unpaired) electrons. The summed E-state index contributed by atoms with van der Waals surface area (Å²) < 4.78 is 4.87. The van der Waals surface area contributed by atoms with Crippen molar-refractivity contribution in [3.63, 3.8) is 0 Å². The Morgan fingerprint density at radius 3 is 1.92 bits per heavy atom. The first-order valence-corrected chi connectivity index (χ1v) is 17.8. The normalized spacial score (nSPS) is 12.2. The lowest BCUT2D eigenvalue weighted by Gasteiger charge is -2.16. The molecule has 4 nitrogen and oxygen atoms in total. The van der Waals surface area contributed by atoms with Crippen molar-refractivity contribution >= 4 is 65.4 Å². The molecular formula is C48H28N4. The molecule has 0 atom stereocenters. The maximum Gasteiger partial charge on any atom is 0.165 e. The first kappa shape index (κ1) is 27.7. The molecule has 240 valence electrons. The van der Waals surface area contributed by atoms with E-state index < -0.39 is 0 Å². The third-order valence-corrected chi connectivity index (χ3v) is 11.0. The van der Waals surface area contributed by atoms with E-state index in [1.165, 1.54) is 71.3 Å². The van der Waals surface area contributed by atoms with Crippen LogP contribution in [0, 0.1) is 0 Å². The molecule has 0 aliphatic carbocycles. The maximum atomic E-state index is 5.44. The van der Waals surface area contributed by atoms with Gasteiger partial charge in [0.05, 0.1) is 38.8 Å². The Bertz CT molecular complexity index is 3290. The van der Waals surface area contributed by atoms with Crippen LogP contribution in [0.3, 0.4) is 0 Å². The fraction of sp³-hybridized carbons (Fsp3) is 0. The summed E-state index contributed by atoms with van der Waals surface area (Å²) >= 11 is 0. The number of aromatic nitrogens is 4. The van der Waals surface area contributed by atoms with E-state index in [1.54, 1.807) is 0 Å². The molecule has 8 aromatic carbocycles. The molecule has 0 amide bonds. The number of nitrogens with zero attached hydrogens (tertiary/aromatic N) is 4. The van der Waals surface area contributed by atoms with Crippen LogP contribution in [0.25, 0.3) is 110 Å². The van der Waals surface area contributed by atoms with Gasteiger partial charge >= 0.3 is 0 Å². The largest absolute Gasteiger partial charge is 0.308 e. The standard InChI is InChI=1S/C48H28N4/c1-2-14-30(15-3-1)46-48(50-40-23-10-9-22-39(40)49-46)52-42-26-25-29-13-4-5-16-31(29)45(42)38-28-43-37(27-44(38)52)33-18-7-6-17-32(33)35-20-12-21-36-34-19-8-11-24-41(34)51(43)47(35)36/h1-28H. The van der Waals surface area contributed by atoms with Crippen LogP contribution in [-0.2, 0) is 0 Å². The first-order valence-electron chi connectivity index (χ1n) is 17.8. The highest BCUT2D eigenvalue weighted by molar-refractivity contribution is 6.24. The number of fused-ring (bicyclic) bond motifs is 14.